The summed E-state index contributed by atoms with van der Waals surface area (Å²) in [6.45, 7) is 6.78. The third-order valence-electron chi connectivity index (χ3n) is 8.08. The van der Waals surface area contributed by atoms with Crippen LogP contribution in [0.1, 0.15) is 26.3 Å². The summed E-state index contributed by atoms with van der Waals surface area (Å²) in [5.74, 6) is 0. The molecule has 7 rings (SSSR count). The van der Waals surface area contributed by atoms with Crippen molar-refractivity contribution in [3.8, 4) is 22.3 Å². The highest BCUT2D eigenvalue weighted by Crippen LogP contribution is 2.53. The molecule has 0 fully saturated rings. The maximum absolute atomic E-state index is 6.73. The van der Waals surface area contributed by atoms with E-state index >= 15 is 0 Å². The van der Waals surface area contributed by atoms with Gasteiger partial charge in [-0.25, -0.2) is 0 Å². The Balaban J connectivity index is 1.71. The molecule has 0 unspecified atom stereocenters. The van der Waals surface area contributed by atoms with Gasteiger partial charge in [0, 0.05) is 52.2 Å². The number of benzene rings is 6. The van der Waals surface area contributed by atoms with Crippen LogP contribution < -0.4 is 4.90 Å². The van der Waals surface area contributed by atoms with E-state index in [9.17, 15) is 0 Å². The van der Waals surface area contributed by atoms with Gasteiger partial charge in [-0.1, -0.05) is 133 Å². The summed E-state index contributed by atoms with van der Waals surface area (Å²) < 4.78 is 3.59. The largest absolute Gasteiger partial charge is 0.309 e. The smallest absolute Gasteiger partial charge is 0.0625 e. The van der Waals surface area contributed by atoms with Crippen LogP contribution in [0.25, 0.3) is 42.4 Å². The molecule has 0 saturated heterocycles. The molecule has 4 heteroatoms. The summed E-state index contributed by atoms with van der Waals surface area (Å²) in [6.07, 6.45) is 0. The molecule has 1 nitrogen and oxygen atoms in total. The van der Waals surface area contributed by atoms with Crippen LogP contribution in [0.4, 0.5) is 17.1 Å². The Labute approximate surface area is 276 Å². The molecule has 0 bridgehead atoms. The van der Waals surface area contributed by atoms with Crippen LogP contribution in [0.2, 0.25) is 5.02 Å². The van der Waals surface area contributed by atoms with Crippen LogP contribution in [-0.2, 0) is 5.41 Å². The summed E-state index contributed by atoms with van der Waals surface area (Å²) in [6, 6.07) is 47.7. The van der Waals surface area contributed by atoms with E-state index in [0.717, 1.165) is 27.1 Å². The molecule has 0 aliphatic rings. The molecule has 216 valence electrons. The van der Waals surface area contributed by atoms with Crippen molar-refractivity contribution in [2.75, 3.05) is 4.90 Å². The van der Waals surface area contributed by atoms with Crippen molar-refractivity contribution in [2.24, 2.45) is 0 Å². The Hall–Kier alpha value is -3.89. The highest BCUT2D eigenvalue weighted by Gasteiger charge is 2.27. The monoisotopic (exact) mass is 671 g/mol. The van der Waals surface area contributed by atoms with E-state index in [-0.39, 0.29) is 5.41 Å². The Bertz CT molecular complexity index is 2130. The fourth-order valence-corrected chi connectivity index (χ4v) is 7.81. The highest BCUT2D eigenvalue weighted by atomic mass is 79.9. The Kier molecular flexibility index (Phi) is 7.58. The van der Waals surface area contributed by atoms with E-state index in [1.807, 2.05) is 23.5 Å². The average Bonchev–Trinajstić information content (AvgIpc) is 3.39. The molecule has 0 N–H and O–H groups in total. The van der Waals surface area contributed by atoms with E-state index in [1.54, 1.807) is 0 Å². The van der Waals surface area contributed by atoms with Gasteiger partial charge in [0.05, 0.1) is 5.69 Å². The zero-order chi connectivity index (χ0) is 30.4. The van der Waals surface area contributed by atoms with Gasteiger partial charge in [-0.15, -0.1) is 11.3 Å². The van der Waals surface area contributed by atoms with Crippen LogP contribution in [0.5, 0.6) is 0 Å². The van der Waals surface area contributed by atoms with Gasteiger partial charge in [0.15, 0.2) is 0 Å². The zero-order valence-corrected chi connectivity index (χ0v) is 28.0. The van der Waals surface area contributed by atoms with Gasteiger partial charge in [0.25, 0.3) is 0 Å². The number of halogens is 2. The predicted molar refractivity (Wildman–Crippen MR) is 196 cm³/mol. The van der Waals surface area contributed by atoms with E-state index in [4.69, 9.17) is 11.6 Å². The maximum atomic E-state index is 6.73. The molecule has 0 spiro atoms. The lowest BCUT2D eigenvalue weighted by molar-refractivity contribution is 0.590. The molecule has 0 saturated carbocycles. The number of hydrogen-bond acceptors (Lipinski definition) is 2. The molecule has 7 aromatic rings. The first-order valence-electron chi connectivity index (χ1n) is 14.7. The molecule has 44 heavy (non-hydrogen) atoms. The first-order chi connectivity index (χ1) is 21.3. The van der Waals surface area contributed by atoms with E-state index in [0.29, 0.717) is 5.02 Å². The zero-order valence-electron chi connectivity index (χ0n) is 24.8. The van der Waals surface area contributed by atoms with Gasteiger partial charge >= 0.3 is 0 Å². The van der Waals surface area contributed by atoms with Gasteiger partial charge in [-0.2, -0.15) is 0 Å². The Morgan fingerprint density at radius 2 is 1.32 bits per heavy atom. The van der Waals surface area contributed by atoms with E-state index in [2.05, 4.69) is 163 Å². The predicted octanol–water partition coefficient (Wildman–Crippen LogP) is 13.6. The van der Waals surface area contributed by atoms with Crippen LogP contribution in [-0.4, -0.2) is 0 Å². The van der Waals surface area contributed by atoms with Crippen molar-refractivity contribution in [1.29, 1.82) is 0 Å². The summed E-state index contributed by atoms with van der Waals surface area (Å²) in [5, 5.41) is 3.23. The minimum Gasteiger partial charge on any atom is -0.309 e. The molecule has 0 radical (unpaired) electrons. The average molecular weight is 673 g/mol. The second kappa shape index (κ2) is 11.6. The minimum absolute atomic E-state index is 0.0451. The normalized spacial score (nSPS) is 11.8. The van der Waals surface area contributed by atoms with Gasteiger partial charge in [-0.05, 0) is 70.6 Å². The third kappa shape index (κ3) is 5.34. The number of thiophene rings is 1. The molecule has 6 aromatic carbocycles. The number of anilines is 3. The third-order valence-corrected chi connectivity index (χ3v) is 9.89. The fourth-order valence-electron chi connectivity index (χ4n) is 5.99. The first-order valence-corrected chi connectivity index (χ1v) is 16.7. The van der Waals surface area contributed by atoms with Gasteiger partial charge in [0.2, 0.25) is 0 Å². The van der Waals surface area contributed by atoms with Crippen LogP contribution in [0.15, 0.2) is 138 Å². The molecule has 1 heterocycles. The number of rotatable bonds is 5. The van der Waals surface area contributed by atoms with Gasteiger partial charge < -0.3 is 4.90 Å². The quantitative estimate of drug-likeness (QED) is 0.176. The second-order valence-electron chi connectivity index (χ2n) is 12.1. The SMILES string of the molecule is CC(C)(C)c1cc(Br)cc(N(c2cccc(Cl)c2)c2c(-c3ccccc3)cc3sc4ccccc4c3c2-c2ccccc2)c1. The Morgan fingerprint density at radius 1 is 0.636 bits per heavy atom. The van der Waals surface area contributed by atoms with Crippen molar-refractivity contribution in [2.45, 2.75) is 26.2 Å². The minimum atomic E-state index is -0.0451. The number of fused-ring (bicyclic) bond motifs is 3. The van der Waals surface area contributed by atoms with Crippen molar-refractivity contribution in [1.82, 2.24) is 0 Å². The summed E-state index contributed by atoms with van der Waals surface area (Å²) in [5.41, 5.74) is 9.11. The lowest BCUT2D eigenvalue weighted by Crippen LogP contribution is -2.16. The second-order valence-corrected chi connectivity index (χ2v) is 14.6. The van der Waals surface area contributed by atoms with E-state index in [1.165, 1.54) is 42.4 Å². The first kappa shape index (κ1) is 28.9. The molecule has 0 aliphatic heterocycles. The van der Waals surface area contributed by atoms with Crippen molar-refractivity contribution in [3.63, 3.8) is 0 Å². The number of nitrogens with zero attached hydrogens (tertiary/aromatic N) is 1. The van der Waals surface area contributed by atoms with Crippen LogP contribution in [0, 0.1) is 0 Å². The van der Waals surface area contributed by atoms with Crippen LogP contribution in [0.3, 0.4) is 0 Å². The Morgan fingerprint density at radius 3 is 2.02 bits per heavy atom. The topological polar surface area (TPSA) is 3.24 Å². The molecule has 0 aliphatic carbocycles. The molecule has 0 atom stereocenters. The van der Waals surface area contributed by atoms with Crippen molar-refractivity contribution >= 4 is 76.1 Å². The molecule has 0 amide bonds. The summed E-state index contributed by atoms with van der Waals surface area (Å²) in [7, 11) is 0. The van der Waals surface area contributed by atoms with Gasteiger partial charge in [-0.3, -0.25) is 0 Å². The molecular formula is C40H31BrClNS. The summed E-state index contributed by atoms with van der Waals surface area (Å²) >= 11 is 12.5. The van der Waals surface area contributed by atoms with Crippen LogP contribution >= 0.6 is 38.9 Å². The fraction of sp³-hybridized carbons (Fsp3) is 0.100. The lowest BCUT2D eigenvalue weighted by Gasteiger charge is -2.32. The molecular weight excluding hydrogens is 642 g/mol. The highest BCUT2D eigenvalue weighted by molar-refractivity contribution is 9.10. The summed E-state index contributed by atoms with van der Waals surface area (Å²) in [4.78, 5) is 2.41. The van der Waals surface area contributed by atoms with E-state index < -0.39 is 0 Å². The maximum Gasteiger partial charge on any atom is 0.0625 e. The lowest BCUT2D eigenvalue weighted by atomic mass is 9.86. The standard InChI is InChI=1S/C40H31BrClNS/c1-40(2,3)28-21-29(41)23-32(22-28)43(31-18-12-17-30(42)24-31)39-34(26-13-6-4-7-14-26)25-36-38(33-19-10-11-20-35(33)44-36)37(39)27-15-8-5-9-16-27/h4-25H,1-3H3. The molecule has 1 aromatic heterocycles. The number of hydrogen-bond donors (Lipinski definition) is 0. The van der Waals surface area contributed by atoms with Gasteiger partial charge in [0.1, 0.15) is 0 Å². The van der Waals surface area contributed by atoms with Crippen molar-refractivity contribution < 1.29 is 0 Å². The van der Waals surface area contributed by atoms with Crippen molar-refractivity contribution in [3.05, 3.63) is 149 Å².